The Morgan fingerprint density at radius 2 is 1.83 bits per heavy atom. The lowest BCUT2D eigenvalue weighted by Crippen LogP contribution is -2.34. The summed E-state index contributed by atoms with van der Waals surface area (Å²) in [5.41, 5.74) is 10.5. The SMILES string of the molecule is COc1cccc(/C=C2\CNCC3=C2OC(N)=C(C#N)C3c2cccc(OC)c2)c1. The lowest BCUT2D eigenvalue weighted by molar-refractivity contribution is 0.279. The van der Waals surface area contributed by atoms with Gasteiger partial charge in [0.2, 0.25) is 5.88 Å². The highest BCUT2D eigenvalue weighted by molar-refractivity contribution is 5.64. The third kappa shape index (κ3) is 3.63. The fourth-order valence-corrected chi connectivity index (χ4v) is 3.90. The highest BCUT2D eigenvalue weighted by Crippen LogP contribution is 2.42. The maximum atomic E-state index is 9.80. The van der Waals surface area contributed by atoms with Gasteiger partial charge in [0.1, 0.15) is 28.9 Å². The number of benzene rings is 2. The Hall–Kier alpha value is -3.69. The molecule has 2 aromatic carbocycles. The largest absolute Gasteiger partial charge is 0.497 e. The molecule has 0 aromatic heterocycles. The number of hydrogen-bond acceptors (Lipinski definition) is 6. The molecule has 3 N–H and O–H groups in total. The van der Waals surface area contributed by atoms with E-state index in [0.717, 1.165) is 39.5 Å². The van der Waals surface area contributed by atoms with E-state index in [1.54, 1.807) is 14.2 Å². The van der Waals surface area contributed by atoms with Crippen LogP contribution in [0.5, 0.6) is 11.5 Å². The molecule has 0 amide bonds. The Kier molecular flexibility index (Phi) is 5.46. The van der Waals surface area contributed by atoms with Crippen LogP contribution in [0.1, 0.15) is 17.0 Å². The molecule has 2 heterocycles. The monoisotopic (exact) mass is 401 g/mol. The lowest BCUT2D eigenvalue weighted by Gasteiger charge is -2.33. The first-order valence-electron chi connectivity index (χ1n) is 9.65. The van der Waals surface area contributed by atoms with Gasteiger partial charge < -0.3 is 25.3 Å². The standard InChI is InChI=1S/C24H23N3O3/c1-28-18-7-3-5-15(10-18)9-17-13-27-14-21-22(16-6-4-8-19(11-16)29-2)20(12-25)24(26)30-23(17)21/h3-11,22,27H,13-14,26H2,1-2H3/b17-9+. The van der Waals surface area contributed by atoms with E-state index in [0.29, 0.717) is 18.7 Å². The highest BCUT2D eigenvalue weighted by atomic mass is 16.5. The van der Waals surface area contributed by atoms with Gasteiger partial charge in [-0.3, -0.25) is 0 Å². The van der Waals surface area contributed by atoms with Gasteiger partial charge in [0, 0.05) is 18.7 Å². The van der Waals surface area contributed by atoms with Crippen molar-refractivity contribution in [3.05, 3.63) is 88.0 Å². The van der Waals surface area contributed by atoms with E-state index < -0.39 is 0 Å². The molecule has 4 rings (SSSR count). The maximum absolute atomic E-state index is 9.80. The van der Waals surface area contributed by atoms with Crippen LogP contribution >= 0.6 is 0 Å². The molecule has 0 aliphatic carbocycles. The van der Waals surface area contributed by atoms with Gasteiger partial charge in [-0.15, -0.1) is 0 Å². The minimum Gasteiger partial charge on any atom is -0.497 e. The number of nitrogens with zero attached hydrogens (tertiary/aromatic N) is 1. The summed E-state index contributed by atoms with van der Waals surface area (Å²) in [5, 5.41) is 13.2. The molecule has 2 aromatic rings. The van der Waals surface area contributed by atoms with Crippen molar-refractivity contribution in [2.75, 3.05) is 27.3 Å². The summed E-state index contributed by atoms with van der Waals surface area (Å²) in [5.74, 6) is 2.08. The Bertz CT molecular complexity index is 1110. The first-order valence-corrected chi connectivity index (χ1v) is 9.65. The smallest absolute Gasteiger partial charge is 0.205 e. The van der Waals surface area contributed by atoms with Crippen LogP contribution in [-0.2, 0) is 4.74 Å². The zero-order valence-electron chi connectivity index (χ0n) is 16.9. The van der Waals surface area contributed by atoms with E-state index in [-0.39, 0.29) is 11.8 Å². The summed E-state index contributed by atoms with van der Waals surface area (Å²) in [4.78, 5) is 0. The minimum absolute atomic E-state index is 0.141. The summed E-state index contributed by atoms with van der Waals surface area (Å²) in [7, 11) is 3.27. The first-order chi connectivity index (χ1) is 14.6. The van der Waals surface area contributed by atoms with Gasteiger partial charge in [-0.2, -0.15) is 5.26 Å². The molecule has 6 heteroatoms. The number of methoxy groups -OCH3 is 2. The zero-order chi connectivity index (χ0) is 21.1. The van der Waals surface area contributed by atoms with Crippen molar-refractivity contribution in [1.29, 1.82) is 5.26 Å². The van der Waals surface area contributed by atoms with Crippen molar-refractivity contribution >= 4 is 6.08 Å². The van der Waals surface area contributed by atoms with E-state index in [9.17, 15) is 5.26 Å². The summed E-state index contributed by atoms with van der Waals surface area (Å²) < 4.78 is 16.7. The van der Waals surface area contributed by atoms with Crippen LogP contribution in [0.25, 0.3) is 6.08 Å². The second-order valence-corrected chi connectivity index (χ2v) is 7.11. The van der Waals surface area contributed by atoms with Gasteiger partial charge in [0.15, 0.2) is 0 Å². The number of nitrogens with two attached hydrogens (primary N) is 1. The number of rotatable bonds is 4. The van der Waals surface area contributed by atoms with Gasteiger partial charge in [0.05, 0.1) is 20.1 Å². The van der Waals surface area contributed by atoms with Crippen molar-refractivity contribution in [2.45, 2.75) is 5.92 Å². The fourth-order valence-electron chi connectivity index (χ4n) is 3.90. The molecule has 2 aliphatic rings. The molecule has 0 bridgehead atoms. The van der Waals surface area contributed by atoms with Crippen molar-refractivity contribution in [3.8, 4) is 17.6 Å². The van der Waals surface area contributed by atoms with Gasteiger partial charge in [-0.1, -0.05) is 24.3 Å². The molecule has 0 radical (unpaired) electrons. The molecule has 0 saturated heterocycles. The average molecular weight is 401 g/mol. The van der Waals surface area contributed by atoms with Crippen molar-refractivity contribution < 1.29 is 14.2 Å². The number of nitriles is 1. The van der Waals surface area contributed by atoms with Crippen LogP contribution in [0.4, 0.5) is 0 Å². The number of allylic oxidation sites excluding steroid dienone is 1. The lowest BCUT2D eigenvalue weighted by atomic mass is 9.80. The van der Waals surface area contributed by atoms with E-state index in [4.69, 9.17) is 19.9 Å². The van der Waals surface area contributed by atoms with E-state index in [1.165, 1.54) is 0 Å². The Balaban J connectivity index is 1.82. The second kappa shape index (κ2) is 8.36. The number of nitrogens with one attached hydrogen (secondary N) is 1. The molecular formula is C24H23N3O3. The average Bonchev–Trinajstić information content (AvgIpc) is 2.78. The van der Waals surface area contributed by atoms with Gasteiger partial charge in [0.25, 0.3) is 0 Å². The van der Waals surface area contributed by atoms with Gasteiger partial charge in [-0.05, 0) is 47.0 Å². The van der Waals surface area contributed by atoms with Crippen molar-refractivity contribution in [2.24, 2.45) is 5.73 Å². The van der Waals surface area contributed by atoms with Crippen LogP contribution in [0, 0.1) is 11.3 Å². The molecule has 6 nitrogen and oxygen atoms in total. The first kappa shape index (κ1) is 19.6. The Morgan fingerprint density at radius 1 is 1.10 bits per heavy atom. The quantitative estimate of drug-likeness (QED) is 0.816. The van der Waals surface area contributed by atoms with E-state index in [2.05, 4.69) is 17.5 Å². The van der Waals surface area contributed by atoms with Gasteiger partial charge in [-0.25, -0.2) is 0 Å². The summed E-state index contributed by atoms with van der Waals surface area (Å²) in [6, 6.07) is 17.8. The maximum Gasteiger partial charge on any atom is 0.205 e. The molecule has 1 unspecified atom stereocenters. The summed E-state index contributed by atoms with van der Waals surface area (Å²) in [6.45, 7) is 1.24. The van der Waals surface area contributed by atoms with Crippen LogP contribution in [-0.4, -0.2) is 27.3 Å². The number of hydrogen-bond donors (Lipinski definition) is 2. The predicted octanol–water partition coefficient (Wildman–Crippen LogP) is 3.45. The van der Waals surface area contributed by atoms with Crippen LogP contribution in [0.15, 0.2) is 76.9 Å². The molecule has 30 heavy (non-hydrogen) atoms. The molecule has 0 spiro atoms. The topological polar surface area (TPSA) is 89.5 Å². The van der Waals surface area contributed by atoms with Crippen molar-refractivity contribution in [3.63, 3.8) is 0 Å². The second-order valence-electron chi connectivity index (χ2n) is 7.11. The molecule has 152 valence electrons. The van der Waals surface area contributed by atoms with E-state index >= 15 is 0 Å². The summed E-state index contributed by atoms with van der Waals surface area (Å²) in [6.07, 6.45) is 2.05. The van der Waals surface area contributed by atoms with Crippen LogP contribution in [0.2, 0.25) is 0 Å². The molecule has 0 saturated carbocycles. The van der Waals surface area contributed by atoms with E-state index in [1.807, 2.05) is 48.5 Å². The molecule has 0 fully saturated rings. The van der Waals surface area contributed by atoms with Crippen molar-refractivity contribution in [1.82, 2.24) is 5.32 Å². The van der Waals surface area contributed by atoms with Crippen LogP contribution in [0.3, 0.4) is 0 Å². The van der Waals surface area contributed by atoms with Crippen LogP contribution < -0.4 is 20.5 Å². The highest BCUT2D eigenvalue weighted by Gasteiger charge is 2.35. The molecule has 1 atom stereocenters. The summed E-state index contributed by atoms with van der Waals surface area (Å²) >= 11 is 0. The molecular weight excluding hydrogens is 378 g/mol. The molecule has 2 aliphatic heterocycles. The Morgan fingerprint density at radius 3 is 2.57 bits per heavy atom. The number of ether oxygens (including phenoxy) is 3. The fraction of sp³-hybridized carbons (Fsp3) is 0.208. The van der Waals surface area contributed by atoms with Gasteiger partial charge >= 0.3 is 0 Å². The predicted molar refractivity (Wildman–Crippen MR) is 115 cm³/mol. The third-order valence-corrected chi connectivity index (χ3v) is 5.31. The Labute approximate surface area is 175 Å². The zero-order valence-corrected chi connectivity index (χ0v) is 16.9. The third-order valence-electron chi connectivity index (χ3n) is 5.31. The minimum atomic E-state index is -0.296. The normalized spacial score (nSPS) is 19.8.